The summed E-state index contributed by atoms with van der Waals surface area (Å²) in [6.07, 6.45) is 7.15. The minimum atomic E-state index is -0.0131. The zero-order chi connectivity index (χ0) is 13.7. The quantitative estimate of drug-likeness (QED) is 0.876. The van der Waals surface area contributed by atoms with E-state index in [9.17, 15) is 4.79 Å². The zero-order valence-corrected chi connectivity index (χ0v) is 11.9. The standard InChI is InChI=1S/C15H23N3O/c1-15(12-16-2)8-4-10-18(15)14(19)7-6-13-5-3-9-17-11-13/h3,5,9,11,16H,4,6-8,10,12H2,1-2H3. The summed E-state index contributed by atoms with van der Waals surface area (Å²) in [5.41, 5.74) is 1.12. The van der Waals surface area contributed by atoms with Crippen LogP contribution in [0.2, 0.25) is 0 Å². The second-order valence-electron chi connectivity index (χ2n) is 5.54. The minimum absolute atomic E-state index is 0.0131. The van der Waals surface area contributed by atoms with Crippen molar-refractivity contribution in [2.75, 3.05) is 20.1 Å². The van der Waals surface area contributed by atoms with Gasteiger partial charge in [0, 0.05) is 31.9 Å². The smallest absolute Gasteiger partial charge is 0.223 e. The van der Waals surface area contributed by atoms with E-state index < -0.39 is 0 Å². The third-order valence-corrected chi connectivity index (χ3v) is 3.96. The maximum absolute atomic E-state index is 12.4. The number of rotatable bonds is 5. The third-order valence-electron chi connectivity index (χ3n) is 3.96. The van der Waals surface area contributed by atoms with E-state index in [0.29, 0.717) is 6.42 Å². The van der Waals surface area contributed by atoms with E-state index in [1.807, 2.05) is 25.4 Å². The second-order valence-corrected chi connectivity index (χ2v) is 5.54. The number of aromatic nitrogens is 1. The van der Waals surface area contributed by atoms with E-state index in [1.54, 1.807) is 6.20 Å². The van der Waals surface area contributed by atoms with Crippen LogP contribution < -0.4 is 5.32 Å². The van der Waals surface area contributed by atoms with Crippen molar-refractivity contribution in [3.63, 3.8) is 0 Å². The fraction of sp³-hybridized carbons (Fsp3) is 0.600. The van der Waals surface area contributed by atoms with Crippen molar-refractivity contribution in [3.8, 4) is 0 Å². The summed E-state index contributed by atoms with van der Waals surface area (Å²) < 4.78 is 0. The molecule has 0 aromatic carbocycles. The highest BCUT2D eigenvalue weighted by atomic mass is 16.2. The van der Waals surface area contributed by atoms with Gasteiger partial charge in [-0.3, -0.25) is 9.78 Å². The van der Waals surface area contributed by atoms with Crippen molar-refractivity contribution in [2.45, 2.75) is 38.1 Å². The lowest BCUT2D eigenvalue weighted by Gasteiger charge is -2.35. The number of likely N-dealkylation sites (N-methyl/N-ethyl adjacent to an activating group) is 1. The normalized spacial score (nSPS) is 22.7. The van der Waals surface area contributed by atoms with E-state index in [4.69, 9.17) is 0 Å². The maximum Gasteiger partial charge on any atom is 0.223 e. The van der Waals surface area contributed by atoms with Gasteiger partial charge in [0.1, 0.15) is 0 Å². The summed E-state index contributed by atoms with van der Waals surface area (Å²) in [5, 5.41) is 3.20. The minimum Gasteiger partial charge on any atom is -0.336 e. The van der Waals surface area contributed by atoms with Crippen molar-refractivity contribution in [1.29, 1.82) is 0 Å². The van der Waals surface area contributed by atoms with Gasteiger partial charge in [0.15, 0.2) is 0 Å². The SMILES string of the molecule is CNCC1(C)CCCN1C(=O)CCc1cccnc1. The van der Waals surface area contributed by atoms with Gasteiger partial charge in [0.05, 0.1) is 5.54 Å². The molecule has 1 saturated heterocycles. The van der Waals surface area contributed by atoms with Gasteiger partial charge in [-0.2, -0.15) is 0 Å². The predicted molar refractivity (Wildman–Crippen MR) is 75.8 cm³/mol. The molecule has 2 heterocycles. The van der Waals surface area contributed by atoms with Gasteiger partial charge in [-0.05, 0) is 44.9 Å². The molecule has 1 N–H and O–H groups in total. The number of amides is 1. The summed E-state index contributed by atoms with van der Waals surface area (Å²) in [4.78, 5) is 18.5. The number of nitrogens with zero attached hydrogens (tertiary/aromatic N) is 2. The molecule has 1 amide bonds. The average molecular weight is 261 g/mol. The molecule has 4 nitrogen and oxygen atoms in total. The molecule has 2 rings (SSSR count). The number of hydrogen-bond donors (Lipinski definition) is 1. The van der Waals surface area contributed by atoms with Crippen LogP contribution in [0.5, 0.6) is 0 Å². The summed E-state index contributed by atoms with van der Waals surface area (Å²) in [7, 11) is 1.95. The van der Waals surface area contributed by atoms with Gasteiger partial charge < -0.3 is 10.2 Å². The number of likely N-dealkylation sites (tertiary alicyclic amines) is 1. The van der Waals surface area contributed by atoms with Gasteiger partial charge in [0.2, 0.25) is 5.91 Å². The van der Waals surface area contributed by atoms with Crippen molar-refractivity contribution in [1.82, 2.24) is 15.2 Å². The molecule has 1 aromatic rings. The van der Waals surface area contributed by atoms with Crippen LogP contribution in [-0.4, -0.2) is 41.5 Å². The van der Waals surface area contributed by atoms with Crippen LogP contribution in [0.4, 0.5) is 0 Å². The lowest BCUT2D eigenvalue weighted by atomic mass is 9.98. The molecule has 4 heteroatoms. The van der Waals surface area contributed by atoms with Crippen molar-refractivity contribution >= 4 is 5.91 Å². The largest absolute Gasteiger partial charge is 0.336 e. The molecule has 1 unspecified atom stereocenters. The molecule has 104 valence electrons. The second kappa shape index (κ2) is 6.15. The Hall–Kier alpha value is -1.42. The molecule has 1 aromatic heterocycles. The Morgan fingerprint density at radius 3 is 3.11 bits per heavy atom. The lowest BCUT2D eigenvalue weighted by molar-refractivity contribution is -0.134. The van der Waals surface area contributed by atoms with E-state index in [0.717, 1.165) is 37.9 Å². The Kier molecular flexibility index (Phi) is 4.53. The Bertz CT molecular complexity index is 421. The molecule has 0 aliphatic carbocycles. The van der Waals surface area contributed by atoms with E-state index in [-0.39, 0.29) is 11.4 Å². The predicted octanol–water partition coefficient (Wildman–Crippen LogP) is 1.61. The van der Waals surface area contributed by atoms with E-state index >= 15 is 0 Å². The Balaban J connectivity index is 1.92. The van der Waals surface area contributed by atoms with Gasteiger partial charge in [-0.15, -0.1) is 0 Å². The molecule has 0 radical (unpaired) electrons. The molecule has 1 atom stereocenters. The first-order valence-corrected chi connectivity index (χ1v) is 7.00. The van der Waals surface area contributed by atoms with Gasteiger partial charge in [-0.1, -0.05) is 6.07 Å². The van der Waals surface area contributed by atoms with Gasteiger partial charge >= 0.3 is 0 Å². The molecule has 1 aliphatic rings. The summed E-state index contributed by atoms with van der Waals surface area (Å²) in [5.74, 6) is 0.263. The van der Waals surface area contributed by atoms with Gasteiger partial charge in [0.25, 0.3) is 0 Å². The molecule has 19 heavy (non-hydrogen) atoms. The number of carbonyl (C=O) groups is 1. The highest BCUT2D eigenvalue weighted by Crippen LogP contribution is 2.29. The van der Waals surface area contributed by atoms with Crippen molar-refractivity contribution in [3.05, 3.63) is 30.1 Å². The molecule has 1 fully saturated rings. The molecule has 1 aliphatic heterocycles. The number of hydrogen-bond acceptors (Lipinski definition) is 3. The van der Waals surface area contributed by atoms with E-state index in [1.165, 1.54) is 0 Å². The Labute approximate surface area is 115 Å². The Morgan fingerprint density at radius 1 is 1.58 bits per heavy atom. The van der Waals surface area contributed by atoms with Gasteiger partial charge in [-0.25, -0.2) is 0 Å². The number of nitrogens with one attached hydrogen (secondary N) is 1. The molecule has 0 saturated carbocycles. The average Bonchev–Trinajstić information content (AvgIpc) is 2.79. The summed E-state index contributed by atoms with van der Waals surface area (Å²) in [6, 6.07) is 3.94. The molecular formula is C15H23N3O. The highest BCUT2D eigenvalue weighted by Gasteiger charge is 2.38. The fourth-order valence-corrected chi connectivity index (χ4v) is 2.95. The van der Waals surface area contributed by atoms with Crippen molar-refractivity contribution < 1.29 is 4.79 Å². The third kappa shape index (κ3) is 3.32. The summed E-state index contributed by atoms with van der Waals surface area (Å²) >= 11 is 0. The number of aryl methyl sites for hydroxylation is 1. The zero-order valence-electron chi connectivity index (χ0n) is 11.9. The number of carbonyl (C=O) groups excluding carboxylic acids is 1. The number of pyridine rings is 1. The monoisotopic (exact) mass is 261 g/mol. The molecular weight excluding hydrogens is 238 g/mol. The van der Waals surface area contributed by atoms with Crippen LogP contribution in [0.15, 0.2) is 24.5 Å². The Morgan fingerprint density at radius 2 is 2.42 bits per heavy atom. The first kappa shape index (κ1) is 14.0. The van der Waals surface area contributed by atoms with E-state index in [2.05, 4.69) is 22.1 Å². The highest BCUT2D eigenvalue weighted by molar-refractivity contribution is 5.77. The first-order chi connectivity index (χ1) is 9.15. The van der Waals surface area contributed by atoms with Crippen LogP contribution in [0.25, 0.3) is 0 Å². The molecule has 0 bridgehead atoms. The fourth-order valence-electron chi connectivity index (χ4n) is 2.95. The summed E-state index contributed by atoms with van der Waals surface area (Å²) in [6.45, 7) is 3.94. The topological polar surface area (TPSA) is 45.2 Å². The van der Waals surface area contributed by atoms with Crippen LogP contribution in [0.3, 0.4) is 0 Å². The van der Waals surface area contributed by atoms with Crippen LogP contribution in [-0.2, 0) is 11.2 Å². The first-order valence-electron chi connectivity index (χ1n) is 7.00. The molecule has 0 spiro atoms. The van der Waals surface area contributed by atoms with Crippen LogP contribution in [0, 0.1) is 0 Å². The van der Waals surface area contributed by atoms with Crippen molar-refractivity contribution in [2.24, 2.45) is 0 Å². The lowest BCUT2D eigenvalue weighted by Crippen LogP contribution is -2.50. The maximum atomic E-state index is 12.4. The van der Waals surface area contributed by atoms with Crippen LogP contribution >= 0.6 is 0 Å². The van der Waals surface area contributed by atoms with Crippen LogP contribution in [0.1, 0.15) is 31.7 Å².